The van der Waals surface area contributed by atoms with Crippen LogP contribution in [0.3, 0.4) is 0 Å². The summed E-state index contributed by atoms with van der Waals surface area (Å²) in [5, 5.41) is 26.4. The molecule has 0 fully saturated rings. The summed E-state index contributed by atoms with van der Waals surface area (Å²) < 4.78 is 31.5. The van der Waals surface area contributed by atoms with Crippen LogP contribution in [0.25, 0.3) is 4.98 Å². The fourth-order valence-corrected chi connectivity index (χ4v) is 1.09. The highest BCUT2D eigenvalue weighted by molar-refractivity contribution is 5.70. The van der Waals surface area contributed by atoms with Crippen LogP contribution in [0.5, 0.6) is 5.75 Å². The number of carbonyl (C=O) groups excluding carboxylic acids is 1. The Hall–Kier alpha value is -2.30. The number of alkyl halides is 3. The Morgan fingerprint density at radius 2 is 1.67 bits per heavy atom. The summed E-state index contributed by atoms with van der Waals surface area (Å²) in [7, 11) is 0. The van der Waals surface area contributed by atoms with Crippen LogP contribution in [-0.4, -0.2) is 17.3 Å². The molecule has 98 valence electrons. The minimum absolute atomic E-state index is 0.201. The number of hydrogen-bond donors (Lipinski definition) is 1. The first-order valence-corrected chi connectivity index (χ1v) is 4.53. The van der Waals surface area contributed by atoms with Crippen LogP contribution in [0.4, 0.5) is 18.9 Å². The van der Waals surface area contributed by atoms with Crippen molar-refractivity contribution in [3.8, 4) is 5.75 Å². The van der Waals surface area contributed by atoms with E-state index in [9.17, 15) is 13.2 Å². The number of carbonyl (C=O) groups is 1. The Morgan fingerprint density at radius 1 is 1.33 bits per heavy atom. The lowest BCUT2D eigenvalue weighted by molar-refractivity contribution is -0.344. The van der Waals surface area contributed by atoms with Gasteiger partial charge in [0.05, 0.1) is 0 Å². The van der Waals surface area contributed by atoms with Crippen molar-refractivity contribution >= 4 is 11.7 Å². The molecule has 0 bridgehead atoms. The van der Waals surface area contributed by atoms with E-state index in [1.807, 2.05) is 0 Å². The standard InChI is InChI=1S/C8H8N2O.C2HF3O2/c1-5-3-7(11)4-6(2)8(5)10-9;3-2(4,5)1(6)7/h3-4H,1-2H3;(H,6,7). The Kier molecular flexibility index (Phi) is 5.11. The molecule has 0 heterocycles. The van der Waals surface area contributed by atoms with Gasteiger partial charge < -0.3 is 15.0 Å². The van der Waals surface area contributed by atoms with Crippen LogP contribution in [0.2, 0.25) is 0 Å². The van der Waals surface area contributed by atoms with Gasteiger partial charge in [-0.3, -0.25) is 0 Å². The number of halogens is 3. The first-order valence-electron chi connectivity index (χ1n) is 4.53. The van der Waals surface area contributed by atoms with Gasteiger partial charge in [0, 0.05) is 11.1 Å². The van der Waals surface area contributed by atoms with Crippen LogP contribution in [-0.2, 0) is 4.79 Å². The van der Waals surface area contributed by atoms with Crippen LogP contribution in [0.15, 0.2) is 12.1 Å². The summed E-state index contributed by atoms with van der Waals surface area (Å²) in [6.07, 6.45) is -5.19. The van der Waals surface area contributed by atoms with Crippen LogP contribution >= 0.6 is 0 Å². The van der Waals surface area contributed by atoms with E-state index in [0.717, 1.165) is 11.1 Å². The number of nitrogens with zero attached hydrogens (tertiary/aromatic N) is 2. The van der Waals surface area contributed by atoms with Gasteiger partial charge in [0.25, 0.3) is 0 Å². The number of aromatic hydroxyl groups is 1. The third-order valence-corrected chi connectivity index (χ3v) is 1.81. The number of hydrogen-bond acceptors (Lipinski definition) is 4. The lowest BCUT2D eigenvalue weighted by Crippen LogP contribution is -2.37. The highest BCUT2D eigenvalue weighted by Crippen LogP contribution is 2.27. The van der Waals surface area contributed by atoms with E-state index in [0.29, 0.717) is 5.69 Å². The minimum atomic E-state index is -5.19. The molecular weight excluding hydrogens is 253 g/mol. The van der Waals surface area contributed by atoms with Gasteiger partial charge in [-0.15, -0.1) is 0 Å². The number of carboxylic acid groups (broad SMARTS) is 1. The molecule has 18 heavy (non-hydrogen) atoms. The van der Waals surface area contributed by atoms with Gasteiger partial charge in [-0.05, 0) is 26.0 Å². The van der Waals surface area contributed by atoms with Crippen LogP contribution < -0.4 is 5.11 Å². The van der Waals surface area contributed by atoms with Crippen molar-refractivity contribution in [1.29, 1.82) is 5.39 Å². The lowest BCUT2D eigenvalue weighted by Gasteiger charge is -2.03. The molecular formula is C10H9F3N2O3. The molecule has 1 rings (SSSR count). The van der Waals surface area contributed by atoms with Crippen molar-refractivity contribution in [3.63, 3.8) is 0 Å². The predicted octanol–water partition coefficient (Wildman–Crippen LogP) is 1.79. The molecule has 0 spiro atoms. The maximum absolute atomic E-state index is 10.5. The van der Waals surface area contributed by atoms with Gasteiger partial charge in [0.15, 0.2) is 4.98 Å². The number of phenolic OH excluding ortho intramolecular Hbond substituents is 1. The molecule has 1 aromatic rings. The van der Waals surface area contributed by atoms with Crippen molar-refractivity contribution in [2.45, 2.75) is 20.0 Å². The summed E-state index contributed by atoms with van der Waals surface area (Å²) >= 11 is 0. The first-order chi connectivity index (χ1) is 8.09. The van der Waals surface area contributed by atoms with Crippen LogP contribution in [0.1, 0.15) is 11.1 Å². The smallest absolute Gasteiger partial charge is 0.430 e. The fraction of sp³-hybridized carbons (Fsp3) is 0.300. The highest BCUT2D eigenvalue weighted by Gasteiger charge is 2.28. The summed E-state index contributed by atoms with van der Waals surface area (Å²) in [4.78, 5) is 11.9. The first kappa shape index (κ1) is 15.7. The fourth-order valence-electron chi connectivity index (χ4n) is 1.09. The van der Waals surface area contributed by atoms with Crippen molar-refractivity contribution in [1.82, 2.24) is 0 Å². The van der Waals surface area contributed by atoms with E-state index in [4.69, 9.17) is 20.4 Å². The highest BCUT2D eigenvalue weighted by atomic mass is 19.4. The molecule has 5 nitrogen and oxygen atoms in total. The molecule has 0 saturated heterocycles. The Labute approximate surface area is 100 Å². The number of aliphatic carboxylic acids is 1. The molecule has 0 aliphatic rings. The molecule has 0 aromatic heterocycles. The molecule has 0 unspecified atom stereocenters. The quantitative estimate of drug-likeness (QED) is 0.722. The zero-order valence-corrected chi connectivity index (χ0v) is 9.45. The van der Waals surface area contributed by atoms with Gasteiger partial charge >= 0.3 is 11.9 Å². The topological polar surface area (TPSA) is 88.5 Å². The largest absolute Gasteiger partial charge is 0.542 e. The van der Waals surface area contributed by atoms with Gasteiger partial charge in [-0.2, -0.15) is 13.2 Å². The van der Waals surface area contributed by atoms with E-state index in [2.05, 4.69) is 4.98 Å². The molecule has 0 radical (unpaired) electrons. The van der Waals surface area contributed by atoms with E-state index in [1.54, 1.807) is 26.0 Å². The van der Waals surface area contributed by atoms with Crippen molar-refractivity contribution in [3.05, 3.63) is 28.2 Å². The molecule has 0 aliphatic carbocycles. The minimum Gasteiger partial charge on any atom is -0.542 e. The average Bonchev–Trinajstić information content (AvgIpc) is 2.15. The molecule has 0 amide bonds. The summed E-state index contributed by atoms with van der Waals surface area (Å²) in [5.74, 6) is -2.81. The van der Waals surface area contributed by atoms with E-state index < -0.39 is 12.1 Å². The molecule has 1 aromatic carbocycles. The van der Waals surface area contributed by atoms with Crippen molar-refractivity contribution < 1.29 is 28.2 Å². The van der Waals surface area contributed by atoms with E-state index in [-0.39, 0.29) is 5.75 Å². The second-order valence-electron chi connectivity index (χ2n) is 3.31. The zero-order valence-electron chi connectivity index (χ0n) is 9.45. The summed E-state index contributed by atoms with van der Waals surface area (Å²) in [6, 6.07) is 3.12. The molecule has 8 heteroatoms. The predicted molar refractivity (Wildman–Crippen MR) is 53.4 cm³/mol. The molecule has 0 aliphatic heterocycles. The van der Waals surface area contributed by atoms with Crippen molar-refractivity contribution in [2.24, 2.45) is 0 Å². The Morgan fingerprint density at radius 3 is 1.89 bits per heavy atom. The van der Waals surface area contributed by atoms with Gasteiger partial charge in [0.1, 0.15) is 11.7 Å². The lowest BCUT2D eigenvalue weighted by atomic mass is 10.1. The Bertz CT molecular complexity index is 469. The maximum Gasteiger partial charge on any atom is 0.430 e. The second kappa shape index (κ2) is 5.86. The molecule has 0 atom stereocenters. The second-order valence-corrected chi connectivity index (χ2v) is 3.31. The third kappa shape index (κ3) is 4.69. The number of rotatable bonds is 0. The molecule has 1 N–H and O–H groups in total. The van der Waals surface area contributed by atoms with Crippen LogP contribution in [0, 0.1) is 19.2 Å². The summed E-state index contributed by atoms with van der Waals surface area (Å²) in [6.45, 7) is 3.56. The average molecular weight is 262 g/mol. The maximum atomic E-state index is 10.5. The van der Waals surface area contributed by atoms with Gasteiger partial charge in [-0.25, -0.2) is 0 Å². The van der Waals surface area contributed by atoms with Gasteiger partial charge in [-0.1, -0.05) is 0 Å². The van der Waals surface area contributed by atoms with Crippen molar-refractivity contribution in [2.75, 3.05) is 0 Å². The van der Waals surface area contributed by atoms with E-state index in [1.165, 1.54) is 0 Å². The van der Waals surface area contributed by atoms with Gasteiger partial charge in [0.2, 0.25) is 5.39 Å². The number of diazo groups is 1. The van der Waals surface area contributed by atoms with E-state index >= 15 is 0 Å². The number of phenols is 1. The molecule has 0 saturated carbocycles. The normalized spacial score (nSPS) is 10.0. The zero-order chi connectivity index (χ0) is 14.5. The number of carboxylic acids is 1. The number of benzene rings is 1. The Balaban J connectivity index is 0.000000360. The third-order valence-electron chi connectivity index (χ3n) is 1.81. The number of aryl methyl sites for hydroxylation is 2. The monoisotopic (exact) mass is 262 g/mol. The SMILES string of the molecule is Cc1cc(O)cc(C)c1[N+]#N.O=C([O-])C(F)(F)F. The summed E-state index contributed by atoms with van der Waals surface area (Å²) in [5.41, 5.74) is 2.07.